The molecule has 0 bridgehead atoms. The van der Waals surface area contributed by atoms with Crippen molar-refractivity contribution >= 4 is 31.6 Å². The van der Waals surface area contributed by atoms with Crippen LogP contribution in [0.3, 0.4) is 0 Å². The molecule has 0 aliphatic carbocycles. The minimum Gasteiger partial charge on any atom is -0.496 e. The van der Waals surface area contributed by atoms with Crippen molar-refractivity contribution in [2.45, 2.75) is 30.6 Å². The Kier molecular flexibility index (Phi) is 8.05. The molecule has 0 atom stereocenters. The number of methoxy groups -OCH3 is 1. The lowest BCUT2D eigenvalue weighted by atomic mass is 10.2. The number of rotatable bonds is 9. The second-order valence-corrected chi connectivity index (χ2v) is 11.5. The molecule has 32 heavy (non-hydrogen) atoms. The molecule has 2 aromatic rings. The first kappa shape index (κ1) is 25.8. The van der Waals surface area contributed by atoms with Crippen molar-refractivity contribution in [1.82, 2.24) is 8.61 Å². The van der Waals surface area contributed by atoms with Gasteiger partial charge in [-0.25, -0.2) is 21.1 Å². The number of nitrogens with one attached hydrogen (secondary N) is 1. The van der Waals surface area contributed by atoms with Gasteiger partial charge in [0.25, 0.3) is 0 Å². The Morgan fingerprint density at radius 3 is 2.06 bits per heavy atom. The molecule has 0 aliphatic rings. The van der Waals surface area contributed by atoms with Gasteiger partial charge in [0.05, 0.1) is 23.4 Å². The zero-order valence-electron chi connectivity index (χ0n) is 19.0. The Labute approximate surface area is 190 Å². The summed E-state index contributed by atoms with van der Waals surface area (Å²) in [4.78, 5) is 12.8. The molecule has 2 aromatic carbocycles. The van der Waals surface area contributed by atoms with Crippen LogP contribution < -0.4 is 10.1 Å². The van der Waals surface area contributed by atoms with Crippen LogP contribution in [0.2, 0.25) is 0 Å². The Bertz CT molecular complexity index is 1210. The molecule has 0 fully saturated rings. The molecule has 0 saturated heterocycles. The number of sulfonamides is 2. The highest BCUT2D eigenvalue weighted by Gasteiger charge is 2.26. The minimum atomic E-state index is -3.92. The second-order valence-electron chi connectivity index (χ2n) is 7.37. The average molecular weight is 484 g/mol. The number of amides is 1. The van der Waals surface area contributed by atoms with Gasteiger partial charge < -0.3 is 10.1 Å². The molecule has 9 nitrogen and oxygen atoms in total. The number of ether oxygens (including phenoxy) is 1. The van der Waals surface area contributed by atoms with Crippen molar-refractivity contribution in [1.29, 1.82) is 0 Å². The Balaban J connectivity index is 2.27. The molecule has 0 aromatic heterocycles. The van der Waals surface area contributed by atoms with Gasteiger partial charge in [0, 0.05) is 26.3 Å². The summed E-state index contributed by atoms with van der Waals surface area (Å²) in [6, 6.07) is 8.89. The lowest BCUT2D eigenvalue weighted by Gasteiger charge is -2.21. The molecular weight excluding hydrogens is 454 g/mol. The van der Waals surface area contributed by atoms with E-state index in [4.69, 9.17) is 4.74 Å². The van der Waals surface area contributed by atoms with Crippen LogP contribution in [-0.4, -0.2) is 65.6 Å². The molecule has 0 unspecified atom stereocenters. The molecule has 0 spiro atoms. The third-order valence-electron chi connectivity index (χ3n) is 4.94. The smallest absolute Gasteiger partial charge is 0.243 e. The lowest BCUT2D eigenvalue weighted by molar-refractivity contribution is -0.116. The van der Waals surface area contributed by atoms with Gasteiger partial charge in [0.1, 0.15) is 5.75 Å². The van der Waals surface area contributed by atoms with Crippen molar-refractivity contribution in [3.05, 3.63) is 47.5 Å². The topological polar surface area (TPSA) is 113 Å². The van der Waals surface area contributed by atoms with Crippen molar-refractivity contribution in [3.63, 3.8) is 0 Å². The van der Waals surface area contributed by atoms with Crippen LogP contribution >= 0.6 is 0 Å². The number of carbonyl (C=O) groups is 1. The molecule has 0 saturated carbocycles. The van der Waals surface area contributed by atoms with Crippen LogP contribution in [0.15, 0.2) is 46.2 Å². The van der Waals surface area contributed by atoms with Crippen molar-refractivity contribution in [3.8, 4) is 5.75 Å². The van der Waals surface area contributed by atoms with E-state index in [0.717, 1.165) is 8.61 Å². The Morgan fingerprint density at radius 1 is 0.938 bits per heavy atom. The SMILES string of the molecule is CCN(CC(=O)Nc1cc(S(=O)(=O)N(C)C)ccc1C)S(=O)(=O)c1ccc(OC)c(C)c1. The van der Waals surface area contributed by atoms with Gasteiger partial charge in [-0.05, 0) is 55.3 Å². The van der Waals surface area contributed by atoms with E-state index >= 15 is 0 Å². The number of anilines is 1. The van der Waals surface area contributed by atoms with E-state index in [9.17, 15) is 21.6 Å². The lowest BCUT2D eigenvalue weighted by Crippen LogP contribution is -2.38. The standard InChI is InChI=1S/C21H29N3O6S2/c1-7-24(32(28,29)17-10-11-20(30-6)16(3)12-17)14-21(25)22-19-13-18(9-8-15(19)2)31(26,27)23(4)5/h8-13H,7,14H2,1-6H3,(H,22,25). The van der Waals surface area contributed by atoms with E-state index in [1.54, 1.807) is 32.9 Å². The van der Waals surface area contributed by atoms with E-state index in [-0.39, 0.29) is 16.3 Å². The molecule has 2 rings (SSSR count). The van der Waals surface area contributed by atoms with Gasteiger partial charge in [0.2, 0.25) is 26.0 Å². The molecule has 0 heterocycles. The summed E-state index contributed by atoms with van der Waals surface area (Å²) in [6.07, 6.45) is 0. The molecule has 11 heteroatoms. The highest BCUT2D eigenvalue weighted by Crippen LogP contribution is 2.25. The number of carbonyl (C=O) groups excluding carboxylic acids is 1. The third-order valence-corrected chi connectivity index (χ3v) is 8.67. The summed E-state index contributed by atoms with van der Waals surface area (Å²) < 4.78 is 58.2. The Hall–Kier alpha value is -2.47. The number of benzene rings is 2. The molecule has 176 valence electrons. The van der Waals surface area contributed by atoms with Gasteiger partial charge in [-0.2, -0.15) is 4.31 Å². The van der Waals surface area contributed by atoms with Gasteiger partial charge in [-0.1, -0.05) is 13.0 Å². The molecule has 0 aliphatic heterocycles. The summed E-state index contributed by atoms with van der Waals surface area (Å²) >= 11 is 0. The van der Waals surface area contributed by atoms with E-state index < -0.39 is 32.5 Å². The summed E-state index contributed by atoms with van der Waals surface area (Å²) in [5.74, 6) is -0.0177. The first-order valence-corrected chi connectivity index (χ1v) is 12.7. The van der Waals surface area contributed by atoms with E-state index in [1.807, 2.05) is 0 Å². The van der Waals surface area contributed by atoms with Crippen LogP contribution in [0, 0.1) is 13.8 Å². The van der Waals surface area contributed by atoms with Crippen molar-refractivity contribution in [2.24, 2.45) is 0 Å². The number of aryl methyl sites for hydroxylation is 2. The maximum Gasteiger partial charge on any atom is 0.243 e. The quantitative estimate of drug-likeness (QED) is 0.585. The number of nitrogens with zero attached hydrogens (tertiary/aromatic N) is 2. The summed E-state index contributed by atoms with van der Waals surface area (Å²) in [5.41, 5.74) is 1.60. The zero-order valence-corrected chi connectivity index (χ0v) is 20.7. The maximum atomic E-state index is 13.1. The average Bonchev–Trinajstić information content (AvgIpc) is 2.73. The van der Waals surface area contributed by atoms with E-state index in [2.05, 4.69) is 5.32 Å². The van der Waals surface area contributed by atoms with Gasteiger partial charge >= 0.3 is 0 Å². The van der Waals surface area contributed by atoms with Crippen LogP contribution in [0.4, 0.5) is 5.69 Å². The fourth-order valence-electron chi connectivity index (χ4n) is 2.98. The van der Waals surface area contributed by atoms with Crippen LogP contribution in [0.5, 0.6) is 5.75 Å². The second kappa shape index (κ2) is 9.99. The fraction of sp³-hybridized carbons (Fsp3) is 0.381. The zero-order chi connectivity index (χ0) is 24.3. The number of likely N-dealkylation sites (N-methyl/N-ethyl adjacent to an activating group) is 1. The highest BCUT2D eigenvalue weighted by molar-refractivity contribution is 7.89. The third kappa shape index (κ3) is 5.47. The monoisotopic (exact) mass is 483 g/mol. The predicted molar refractivity (Wildman–Crippen MR) is 123 cm³/mol. The largest absolute Gasteiger partial charge is 0.496 e. The highest BCUT2D eigenvalue weighted by atomic mass is 32.2. The van der Waals surface area contributed by atoms with E-state index in [0.29, 0.717) is 22.6 Å². The van der Waals surface area contributed by atoms with E-state index in [1.165, 1.54) is 45.5 Å². The molecule has 1 amide bonds. The summed E-state index contributed by atoms with van der Waals surface area (Å²) in [5, 5.41) is 2.63. The first-order valence-electron chi connectivity index (χ1n) is 9.82. The fourth-order valence-corrected chi connectivity index (χ4v) is 5.40. The summed E-state index contributed by atoms with van der Waals surface area (Å²) in [6.45, 7) is 4.74. The number of hydrogen-bond acceptors (Lipinski definition) is 6. The number of hydrogen-bond donors (Lipinski definition) is 1. The van der Waals surface area contributed by atoms with Crippen LogP contribution in [-0.2, 0) is 24.8 Å². The first-order chi connectivity index (χ1) is 14.8. The maximum absolute atomic E-state index is 13.1. The normalized spacial score (nSPS) is 12.2. The van der Waals surface area contributed by atoms with Gasteiger partial charge in [-0.3, -0.25) is 4.79 Å². The van der Waals surface area contributed by atoms with Gasteiger partial charge in [0.15, 0.2) is 0 Å². The predicted octanol–water partition coefficient (Wildman–Crippen LogP) is 2.21. The molecular formula is C21H29N3O6S2. The van der Waals surface area contributed by atoms with Crippen molar-refractivity contribution < 1.29 is 26.4 Å². The summed E-state index contributed by atoms with van der Waals surface area (Å²) in [7, 11) is -3.28. The van der Waals surface area contributed by atoms with Gasteiger partial charge in [-0.15, -0.1) is 0 Å². The van der Waals surface area contributed by atoms with Crippen LogP contribution in [0.1, 0.15) is 18.1 Å². The van der Waals surface area contributed by atoms with Crippen molar-refractivity contribution in [2.75, 3.05) is 39.6 Å². The molecule has 1 N–H and O–H groups in total. The minimum absolute atomic E-state index is 0.0251. The Morgan fingerprint density at radius 2 is 1.53 bits per heavy atom. The molecule has 0 radical (unpaired) electrons. The van der Waals surface area contributed by atoms with Crippen LogP contribution in [0.25, 0.3) is 0 Å².